The number of aromatic nitrogens is 1. The van der Waals surface area contributed by atoms with Crippen molar-refractivity contribution in [1.29, 1.82) is 0 Å². The second-order valence-electron chi connectivity index (χ2n) is 7.37. The molecule has 31 heavy (non-hydrogen) atoms. The summed E-state index contributed by atoms with van der Waals surface area (Å²) in [5, 5.41) is 5.00. The van der Waals surface area contributed by atoms with Crippen molar-refractivity contribution in [3.05, 3.63) is 94.6 Å². The summed E-state index contributed by atoms with van der Waals surface area (Å²) in [6, 6.07) is 21.7. The fraction of sp³-hybridized carbons (Fsp3) is 0.125. The van der Waals surface area contributed by atoms with Crippen LogP contribution in [0.4, 0.5) is 11.4 Å². The summed E-state index contributed by atoms with van der Waals surface area (Å²) in [5.41, 5.74) is 4.77. The van der Waals surface area contributed by atoms with Gasteiger partial charge in [0.2, 0.25) is 0 Å². The molecule has 4 aromatic rings. The second kappa shape index (κ2) is 8.57. The fourth-order valence-corrected chi connectivity index (χ4v) is 4.64. The van der Waals surface area contributed by atoms with Crippen LogP contribution in [-0.2, 0) is 16.6 Å². The molecule has 0 bridgehead atoms. The number of hydrogen-bond acceptors (Lipinski definition) is 4. The maximum absolute atomic E-state index is 12.8. The number of sulfonamides is 1. The van der Waals surface area contributed by atoms with Crippen LogP contribution in [0.3, 0.4) is 0 Å². The summed E-state index contributed by atoms with van der Waals surface area (Å²) in [6.07, 6.45) is 0. The zero-order chi connectivity index (χ0) is 22.0. The standard InChI is InChI=1S/C24H22ClN3O2S/c1-16-11-12-18(14-21(16)25)15-26-23-13-17(2)27-24-20(23)9-6-10-22(24)28-31(29,30)19-7-4-3-5-8-19/h3-14,28H,15H2,1-2H3,(H,26,27). The molecule has 3 aromatic carbocycles. The smallest absolute Gasteiger partial charge is 0.261 e. The van der Waals surface area contributed by atoms with Crippen molar-refractivity contribution in [3.8, 4) is 0 Å². The molecule has 1 heterocycles. The third-order valence-electron chi connectivity index (χ3n) is 4.98. The topological polar surface area (TPSA) is 71.1 Å². The van der Waals surface area contributed by atoms with Crippen LogP contribution >= 0.6 is 11.6 Å². The van der Waals surface area contributed by atoms with Crippen LogP contribution in [0.1, 0.15) is 16.8 Å². The average molecular weight is 452 g/mol. The lowest BCUT2D eigenvalue weighted by Crippen LogP contribution is -2.13. The molecule has 0 unspecified atom stereocenters. The number of nitrogens with one attached hydrogen (secondary N) is 2. The number of benzene rings is 3. The first-order valence-corrected chi connectivity index (χ1v) is 11.7. The van der Waals surface area contributed by atoms with Crippen molar-refractivity contribution in [3.63, 3.8) is 0 Å². The normalized spacial score (nSPS) is 11.5. The molecule has 158 valence electrons. The van der Waals surface area contributed by atoms with E-state index in [0.29, 0.717) is 17.7 Å². The number of para-hydroxylation sites is 1. The van der Waals surface area contributed by atoms with Gasteiger partial charge in [-0.1, -0.05) is 54.1 Å². The molecule has 0 saturated carbocycles. The van der Waals surface area contributed by atoms with E-state index in [0.717, 1.165) is 32.9 Å². The van der Waals surface area contributed by atoms with E-state index in [4.69, 9.17) is 11.6 Å². The van der Waals surface area contributed by atoms with Gasteiger partial charge in [0.25, 0.3) is 10.0 Å². The Hall–Kier alpha value is -3.09. The molecular formula is C24H22ClN3O2S. The van der Waals surface area contributed by atoms with Gasteiger partial charge in [-0.05, 0) is 55.3 Å². The van der Waals surface area contributed by atoms with Gasteiger partial charge < -0.3 is 5.32 Å². The predicted molar refractivity (Wildman–Crippen MR) is 127 cm³/mol. The average Bonchev–Trinajstić information content (AvgIpc) is 2.75. The quantitative estimate of drug-likeness (QED) is 0.382. The largest absolute Gasteiger partial charge is 0.380 e. The molecule has 0 aliphatic heterocycles. The predicted octanol–water partition coefficient (Wildman–Crippen LogP) is 5.92. The third-order valence-corrected chi connectivity index (χ3v) is 6.77. The van der Waals surface area contributed by atoms with E-state index in [9.17, 15) is 8.42 Å². The third kappa shape index (κ3) is 4.65. The molecule has 0 fully saturated rings. The maximum atomic E-state index is 12.8. The van der Waals surface area contributed by atoms with Crippen LogP contribution in [0.15, 0.2) is 77.7 Å². The van der Waals surface area contributed by atoms with Gasteiger partial charge in [-0.2, -0.15) is 0 Å². The van der Waals surface area contributed by atoms with E-state index in [1.807, 2.05) is 50.2 Å². The van der Waals surface area contributed by atoms with E-state index in [1.54, 1.807) is 36.4 Å². The van der Waals surface area contributed by atoms with Crippen molar-refractivity contribution >= 4 is 43.9 Å². The second-order valence-corrected chi connectivity index (χ2v) is 9.46. The van der Waals surface area contributed by atoms with E-state index in [2.05, 4.69) is 15.0 Å². The van der Waals surface area contributed by atoms with E-state index >= 15 is 0 Å². The van der Waals surface area contributed by atoms with E-state index < -0.39 is 10.0 Å². The summed E-state index contributed by atoms with van der Waals surface area (Å²) in [4.78, 5) is 4.81. The Morgan fingerprint density at radius 3 is 2.42 bits per heavy atom. The summed E-state index contributed by atoms with van der Waals surface area (Å²) >= 11 is 6.25. The number of rotatable bonds is 6. The molecule has 2 N–H and O–H groups in total. The van der Waals surface area contributed by atoms with Crippen molar-refractivity contribution in [2.75, 3.05) is 10.0 Å². The van der Waals surface area contributed by atoms with Crippen LogP contribution in [0.25, 0.3) is 10.9 Å². The minimum atomic E-state index is -3.72. The van der Waals surface area contributed by atoms with Crippen LogP contribution in [0.5, 0.6) is 0 Å². The number of pyridine rings is 1. The summed E-state index contributed by atoms with van der Waals surface area (Å²) in [7, 11) is -3.72. The molecule has 5 nitrogen and oxygen atoms in total. The number of anilines is 2. The molecular weight excluding hydrogens is 430 g/mol. The monoisotopic (exact) mass is 451 g/mol. The van der Waals surface area contributed by atoms with E-state index in [1.165, 1.54) is 0 Å². The molecule has 0 atom stereocenters. The van der Waals surface area contributed by atoms with Crippen LogP contribution in [-0.4, -0.2) is 13.4 Å². The lowest BCUT2D eigenvalue weighted by Gasteiger charge is -2.15. The van der Waals surface area contributed by atoms with Gasteiger partial charge in [-0.25, -0.2) is 8.42 Å². The first-order chi connectivity index (χ1) is 14.8. The Bertz CT molecular complexity index is 1360. The molecule has 0 amide bonds. The molecule has 0 saturated heterocycles. The van der Waals surface area contributed by atoms with Crippen molar-refractivity contribution < 1.29 is 8.42 Å². The molecule has 0 aliphatic rings. The van der Waals surface area contributed by atoms with Gasteiger partial charge in [-0.3, -0.25) is 9.71 Å². The van der Waals surface area contributed by atoms with Crippen molar-refractivity contribution in [1.82, 2.24) is 4.98 Å². The zero-order valence-electron chi connectivity index (χ0n) is 17.2. The molecule has 4 rings (SSSR count). The molecule has 0 aliphatic carbocycles. The minimum Gasteiger partial charge on any atom is -0.380 e. The van der Waals surface area contributed by atoms with Gasteiger partial charge in [0.05, 0.1) is 16.1 Å². The first kappa shape index (κ1) is 21.2. The van der Waals surface area contributed by atoms with Gasteiger partial charge in [-0.15, -0.1) is 0 Å². The fourth-order valence-electron chi connectivity index (χ4n) is 3.35. The van der Waals surface area contributed by atoms with Crippen LogP contribution < -0.4 is 10.0 Å². The lowest BCUT2D eigenvalue weighted by molar-refractivity contribution is 0.601. The molecule has 0 spiro atoms. The molecule has 1 aromatic heterocycles. The Labute approximate surface area is 187 Å². The van der Waals surface area contributed by atoms with Gasteiger partial charge in [0.1, 0.15) is 0 Å². The summed E-state index contributed by atoms with van der Waals surface area (Å²) < 4.78 is 28.3. The maximum Gasteiger partial charge on any atom is 0.261 e. The number of aryl methyl sites for hydroxylation is 2. The number of nitrogens with zero attached hydrogens (tertiary/aromatic N) is 1. The Morgan fingerprint density at radius 1 is 0.903 bits per heavy atom. The van der Waals surface area contributed by atoms with Crippen LogP contribution in [0, 0.1) is 13.8 Å². The zero-order valence-corrected chi connectivity index (χ0v) is 18.8. The lowest BCUT2D eigenvalue weighted by atomic mass is 10.1. The van der Waals surface area contributed by atoms with E-state index in [-0.39, 0.29) is 4.90 Å². The summed E-state index contributed by atoms with van der Waals surface area (Å²) in [6.45, 7) is 4.44. The SMILES string of the molecule is Cc1cc(NCc2ccc(C)c(Cl)c2)c2cccc(NS(=O)(=O)c3ccccc3)c2n1. The molecule has 0 radical (unpaired) electrons. The Balaban J connectivity index is 1.68. The van der Waals surface area contributed by atoms with Gasteiger partial charge in [0, 0.05) is 28.3 Å². The Morgan fingerprint density at radius 2 is 1.68 bits per heavy atom. The summed E-state index contributed by atoms with van der Waals surface area (Å²) in [5.74, 6) is 0. The number of hydrogen-bond donors (Lipinski definition) is 2. The first-order valence-electron chi connectivity index (χ1n) is 9.80. The van der Waals surface area contributed by atoms with Crippen LogP contribution in [0.2, 0.25) is 5.02 Å². The number of halogens is 1. The molecule has 7 heteroatoms. The highest BCUT2D eigenvalue weighted by Gasteiger charge is 2.16. The van der Waals surface area contributed by atoms with Gasteiger partial charge in [0.15, 0.2) is 0 Å². The number of fused-ring (bicyclic) bond motifs is 1. The highest BCUT2D eigenvalue weighted by Crippen LogP contribution is 2.30. The minimum absolute atomic E-state index is 0.203. The highest BCUT2D eigenvalue weighted by molar-refractivity contribution is 7.92. The van der Waals surface area contributed by atoms with Crippen molar-refractivity contribution in [2.24, 2.45) is 0 Å². The highest BCUT2D eigenvalue weighted by atomic mass is 35.5. The Kier molecular flexibility index (Phi) is 5.85. The van der Waals surface area contributed by atoms with Crippen molar-refractivity contribution in [2.45, 2.75) is 25.3 Å². The van der Waals surface area contributed by atoms with Gasteiger partial charge >= 0.3 is 0 Å².